The van der Waals surface area contributed by atoms with Crippen LogP contribution in [-0.2, 0) is 14.3 Å². The number of benzene rings is 2. The summed E-state index contributed by atoms with van der Waals surface area (Å²) in [6, 6.07) is 12.1. The number of fused-ring (bicyclic) bond motifs is 1. The second-order valence-corrected chi connectivity index (χ2v) is 6.42. The monoisotopic (exact) mass is 397 g/mol. The molecule has 7 nitrogen and oxygen atoms in total. The smallest absolute Gasteiger partial charge is 0.307 e. The molecule has 0 radical (unpaired) electrons. The van der Waals surface area contributed by atoms with E-state index in [9.17, 15) is 9.59 Å². The fourth-order valence-corrected chi connectivity index (χ4v) is 3.07. The van der Waals surface area contributed by atoms with E-state index in [-0.39, 0.29) is 18.9 Å². The molecule has 0 unspecified atom stereocenters. The van der Waals surface area contributed by atoms with E-state index in [1.54, 1.807) is 31.4 Å². The lowest BCUT2D eigenvalue weighted by Gasteiger charge is -2.22. The molecule has 1 atom stereocenters. The van der Waals surface area contributed by atoms with E-state index >= 15 is 0 Å². The van der Waals surface area contributed by atoms with Gasteiger partial charge in [0.05, 0.1) is 39.4 Å². The summed E-state index contributed by atoms with van der Waals surface area (Å²) < 4.78 is 21.0. The number of hydrogen-bond donors (Lipinski definition) is 1. The minimum absolute atomic E-state index is 0.0253. The molecule has 1 heterocycles. The molecule has 1 aliphatic rings. The van der Waals surface area contributed by atoms with Gasteiger partial charge in [0.15, 0.2) is 11.5 Å². The topological polar surface area (TPSA) is 83.1 Å². The molecule has 1 amide bonds. The molecule has 29 heavy (non-hydrogen) atoms. The van der Waals surface area contributed by atoms with Crippen molar-refractivity contribution in [3.05, 3.63) is 59.2 Å². The highest BCUT2D eigenvalue weighted by Crippen LogP contribution is 2.32. The molecule has 0 aliphatic carbocycles. The molecule has 0 fully saturated rings. The number of amides is 1. The second kappa shape index (κ2) is 9.14. The minimum atomic E-state index is -0.604. The number of ether oxygens (including phenoxy) is 4. The molecule has 0 saturated heterocycles. The molecule has 0 saturated carbocycles. The molecule has 1 aliphatic heterocycles. The Bertz CT molecular complexity index is 937. The van der Waals surface area contributed by atoms with Crippen molar-refractivity contribution in [3.63, 3.8) is 0 Å². The van der Waals surface area contributed by atoms with Crippen molar-refractivity contribution in [2.75, 3.05) is 27.9 Å². The van der Waals surface area contributed by atoms with Gasteiger partial charge >= 0.3 is 5.97 Å². The molecular weight excluding hydrogens is 374 g/mol. The van der Waals surface area contributed by atoms with Crippen molar-refractivity contribution < 1.29 is 28.5 Å². The van der Waals surface area contributed by atoms with E-state index in [4.69, 9.17) is 18.9 Å². The first kappa shape index (κ1) is 20.3. The van der Waals surface area contributed by atoms with Gasteiger partial charge in [0.1, 0.15) is 12.4 Å². The maximum absolute atomic E-state index is 12.9. The van der Waals surface area contributed by atoms with E-state index < -0.39 is 12.0 Å². The largest absolute Gasteiger partial charge is 0.493 e. The van der Waals surface area contributed by atoms with Crippen LogP contribution >= 0.6 is 0 Å². The lowest BCUT2D eigenvalue weighted by atomic mass is 10.0. The summed E-state index contributed by atoms with van der Waals surface area (Å²) in [6.45, 7) is 0.153. The summed E-state index contributed by atoms with van der Waals surface area (Å²) in [6.07, 6.45) is 1.76. The van der Waals surface area contributed by atoms with Crippen LogP contribution in [0.25, 0.3) is 6.08 Å². The summed E-state index contributed by atoms with van der Waals surface area (Å²) in [4.78, 5) is 24.8. The molecular formula is C22H23NO6. The van der Waals surface area contributed by atoms with Gasteiger partial charge < -0.3 is 24.3 Å². The third-order valence-corrected chi connectivity index (χ3v) is 4.64. The maximum atomic E-state index is 12.9. The Morgan fingerprint density at radius 2 is 1.83 bits per heavy atom. The Labute approximate surface area is 169 Å². The number of esters is 1. The lowest BCUT2D eigenvalue weighted by Crippen LogP contribution is -2.33. The highest BCUT2D eigenvalue weighted by atomic mass is 16.5. The van der Waals surface area contributed by atoms with Crippen LogP contribution in [0.5, 0.6) is 17.2 Å². The third-order valence-electron chi connectivity index (χ3n) is 4.64. The van der Waals surface area contributed by atoms with Crippen molar-refractivity contribution in [2.24, 2.45) is 0 Å². The van der Waals surface area contributed by atoms with Crippen LogP contribution in [0.15, 0.2) is 48.0 Å². The van der Waals surface area contributed by atoms with Crippen LogP contribution in [0.3, 0.4) is 0 Å². The predicted molar refractivity (Wildman–Crippen MR) is 107 cm³/mol. The fourth-order valence-electron chi connectivity index (χ4n) is 3.07. The van der Waals surface area contributed by atoms with Gasteiger partial charge in [-0.2, -0.15) is 0 Å². The number of hydrogen-bond acceptors (Lipinski definition) is 6. The summed E-state index contributed by atoms with van der Waals surface area (Å²) in [5, 5.41) is 2.90. The number of nitrogens with one attached hydrogen (secondary N) is 1. The van der Waals surface area contributed by atoms with Crippen molar-refractivity contribution in [1.82, 2.24) is 5.32 Å². The Morgan fingerprint density at radius 1 is 1.07 bits per heavy atom. The van der Waals surface area contributed by atoms with Crippen LogP contribution in [0.4, 0.5) is 0 Å². The van der Waals surface area contributed by atoms with Crippen LogP contribution < -0.4 is 19.5 Å². The average Bonchev–Trinajstić information content (AvgIpc) is 2.77. The highest BCUT2D eigenvalue weighted by molar-refractivity contribution is 5.99. The number of carbonyl (C=O) groups is 2. The predicted octanol–water partition coefficient (Wildman–Crippen LogP) is 2.90. The first-order valence-corrected chi connectivity index (χ1v) is 9.07. The summed E-state index contributed by atoms with van der Waals surface area (Å²) in [5.41, 5.74) is 2.00. The van der Waals surface area contributed by atoms with Gasteiger partial charge in [0.2, 0.25) is 0 Å². The number of carbonyl (C=O) groups excluding carboxylic acids is 2. The normalized spacial score (nSPS) is 13.3. The zero-order valence-corrected chi connectivity index (χ0v) is 16.6. The van der Waals surface area contributed by atoms with Crippen LogP contribution in [-0.4, -0.2) is 39.8 Å². The fraction of sp³-hybridized carbons (Fsp3) is 0.273. The number of methoxy groups -OCH3 is 3. The molecule has 152 valence electrons. The molecule has 2 aromatic carbocycles. The van der Waals surface area contributed by atoms with Crippen LogP contribution in [0.2, 0.25) is 0 Å². The van der Waals surface area contributed by atoms with Gasteiger partial charge in [-0.25, -0.2) is 0 Å². The zero-order valence-electron chi connectivity index (χ0n) is 16.6. The third kappa shape index (κ3) is 4.68. The zero-order chi connectivity index (χ0) is 20.8. The highest BCUT2D eigenvalue weighted by Gasteiger charge is 2.24. The molecule has 7 heteroatoms. The summed E-state index contributed by atoms with van der Waals surface area (Å²) in [7, 11) is 4.38. The van der Waals surface area contributed by atoms with Crippen molar-refractivity contribution in [2.45, 2.75) is 12.5 Å². The maximum Gasteiger partial charge on any atom is 0.307 e. The average molecular weight is 397 g/mol. The molecule has 2 aromatic rings. The van der Waals surface area contributed by atoms with Crippen LogP contribution in [0, 0.1) is 0 Å². The standard InChI is InChI=1S/C22H23NO6/c1-26-19-9-8-14(11-20(19)27-2)17(12-21(24)28-3)23-22(25)16-10-15-6-4-5-7-18(15)29-13-16/h4-11,17H,12-13H2,1-3H3,(H,23,25)/t17-/m0/s1. The second-order valence-electron chi connectivity index (χ2n) is 6.42. The Morgan fingerprint density at radius 3 is 2.55 bits per heavy atom. The van der Waals surface area contributed by atoms with Gasteiger partial charge in [0, 0.05) is 5.56 Å². The van der Waals surface area contributed by atoms with Gasteiger partial charge in [-0.3, -0.25) is 9.59 Å². The SMILES string of the molecule is COC(=O)C[C@H](NC(=O)C1=Cc2ccccc2OC1)c1ccc(OC)c(OC)c1. The lowest BCUT2D eigenvalue weighted by molar-refractivity contribution is -0.141. The Kier molecular flexibility index (Phi) is 6.39. The first-order chi connectivity index (χ1) is 14.0. The molecule has 0 aromatic heterocycles. The summed E-state index contributed by atoms with van der Waals surface area (Å²) >= 11 is 0. The number of para-hydroxylation sites is 1. The van der Waals surface area contributed by atoms with Crippen molar-refractivity contribution >= 4 is 18.0 Å². The molecule has 0 bridgehead atoms. The van der Waals surface area contributed by atoms with Gasteiger partial charge in [-0.15, -0.1) is 0 Å². The first-order valence-electron chi connectivity index (χ1n) is 9.07. The van der Waals surface area contributed by atoms with E-state index in [0.717, 1.165) is 11.3 Å². The van der Waals surface area contributed by atoms with E-state index in [2.05, 4.69) is 5.32 Å². The van der Waals surface area contributed by atoms with Crippen LogP contribution in [0.1, 0.15) is 23.6 Å². The molecule has 0 spiro atoms. The Balaban J connectivity index is 1.85. The summed E-state index contributed by atoms with van der Waals surface area (Å²) in [5.74, 6) is 1.03. The molecule has 3 rings (SSSR count). The van der Waals surface area contributed by atoms with E-state index in [1.807, 2.05) is 24.3 Å². The molecule has 1 N–H and O–H groups in total. The van der Waals surface area contributed by atoms with Gasteiger partial charge in [0.25, 0.3) is 5.91 Å². The number of rotatable bonds is 7. The van der Waals surface area contributed by atoms with E-state index in [0.29, 0.717) is 22.6 Å². The van der Waals surface area contributed by atoms with E-state index in [1.165, 1.54) is 14.2 Å². The van der Waals surface area contributed by atoms with Crippen molar-refractivity contribution in [1.29, 1.82) is 0 Å². The van der Waals surface area contributed by atoms with Gasteiger partial charge in [-0.1, -0.05) is 24.3 Å². The minimum Gasteiger partial charge on any atom is -0.493 e. The van der Waals surface area contributed by atoms with Crippen molar-refractivity contribution in [3.8, 4) is 17.2 Å². The quantitative estimate of drug-likeness (QED) is 0.724. The van der Waals surface area contributed by atoms with Gasteiger partial charge in [-0.05, 0) is 29.8 Å². The Hall–Kier alpha value is -3.48.